The summed E-state index contributed by atoms with van der Waals surface area (Å²) in [6.07, 6.45) is 1.43. The van der Waals surface area contributed by atoms with E-state index in [2.05, 4.69) is 4.98 Å². The number of carbonyl (C=O) groups is 1. The maximum absolute atomic E-state index is 10.8. The lowest BCUT2D eigenvalue weighted by atomic mass is 10.3. The van der Waals surface area contributed by atoms with E-state index in [4.69, 9.17) is 5.84 Å². The number of nitrogens with zero attached hydrogens (tertiary/aromatic N) is 1. The molecule has 0 radical (unpaired) electrons. The van der Waals surface area contributed by atoms with Gasteiger partial charge in [-0.2, -0.15) is 5.84 Å². The lowest BCUT2D eigenvalue weighted by Crippen LogP contribution is -3.15. The molecular formula is C6H7N3O2. The minimum absolute atomic E-state index is 0.0833. The standard InChI is InChI=1S/C6H7N3O2/c7-9(11)6(10)5-3-1-2-4-8-5/h1-4,9H,7H2. The van der Waals surface area contributed by atoms with Crippen molar-refractivity contribution in [1.29, 1.82) is 0 Å². The van der Waals surface area contributed by atoms with E-state index >= 15 is 0 Å². The van der Waals surface area contributed by atoms with Crippen LogP contribution in [0, 0.1) is 5.21 Å². The summed E-state index contributed by atoms with van der Waals surface area (Å²) < 4.78 is 0. The number of nitrogens with two attached hydrogens (primary N) is 1. The summed E-state index contributed by atoms with van der Waals surface area (Å²) in [5.41, 5.74) is 0.0833. The van der Waals surface area contributed by atoms with Crippen LogP contribution in [0.3, 0.4) is 0 Å². The molecule has 5 nitrogen and oxygen atoms in total. The Morgan fingerprint density at radius 2 is 2.36 bits per heavy atom. The van der Waals surface area contributed by atoms with Gasteiger partial charge in [0.05, 0.1) is 0 Å². The highest BCUT2D eigenvalue weighted by atomic mass is 16.5. The predicted molar refractivity (Wildman–Crippen MR) is 37.1 cm³/mol. The van der Waals surface area contributed by atoms with Gasteiger partial charge < -0.3 is 5.21 Å². The summed E-state index contributed by atoms with van der Waals surface area (Å²) in [5.74, 6) is 3.98. The lowest BCUT2D eigenvalue weighted by molar-refractivity contribution is -0.770. The Morgan fingerprint density at radius 3 is 2.82 bits per heavy atom. The number of rotatable bonds is 1. The molecule has 0 saturated carbocycles. The number of quaternary nitrogens is 1. The van der Waals surface area contributed by atoms with Crippen LogP contribution in [-0.2, 0) is 0 Å². The van der Waals surface area contributed by atoms with E-state index in [0.717, 1.165) is 0 Å². The zero-order chi connectivity index (χ0) is 8.27. The predicted octanol–water partition coefficient (Wildman–Crippen LogP) is -1.52. The summed E-state index contributed by atoms with van der Waals surface area (Å²) in [7, 11) is 0. The first kappa shape index (κ1) is 7.80. The van der Waals surface area contributed by atoms with Crippen molar-refractivity contribution in [3.05, 3.63) is 35.3 Å². The molecule has 1 aromatic heterocycles. The second-order valence-electron chi connectivity index (χ2n) is 1.91. The number of hydrogen-bond donors (Lipinski definition) is 2. The molecular weight excluding hydrogens is 146 g/mol. The van der Waals surface area contributed by atoms with Gasteiger partial charge >= 0.3 is 5.91 Å². The average Bonchev–Trinajstić information content (AvgIpc) is 2.05. The molecule has 1 unspecified atom stereocenters. The third-order valence-electron chi connectivity index (χ3n) is 1.12. The van der Waals surface area contributed by atoms with Crippen molar-refractivity contribution in [2.45, 2.75) is 0 Å². The zero-order valence-electron chi connectivity index (χ0n) is 5.65. The van der Waals surface area contributed by atoms with E-state index < -0.39 is 11.1 Å². The van der Waals surface area contributed by atoms with Crippen LogP contribution in [0.5, 0.6) is 0 Å². The van der Waals surface area contributed by atoms with Gasteiger partial charge in [0.25, 0.3) is 0 Å². The molecule has 0 aromatic carbocycles. The Labute approximate surface area is 63.0 Å². The summed E-state index contributed by atoms with van der Waals surface area (Å²) in [4.78, 5) is 14.5. The van der Waals surface area contributed by atoms with Gasteiger partial charge in [-0.05, 0) is 12.1 Å². The van der Waals surface area contributed by atoms with Gasteiger partial charge in [-0.1, -0.05) is 6.07 Å². The van der Waals surface area contributed by atoms with Crippen LogP contribution in [-0.4, -0.2) is 10.9 Å². The highest BCUT2D eigenvalue weighted by Crippen LogP contribution is 1.88. The Bertz CT molecular complexity index is 247. The van der Waals surface area contributed by atoms with Crippen LogP contribution in [0.15, 0.2) is 24.4 Å². The lowest BCUT2D eigenvalue weighted by Gasteiger charge is -2.09. The van der Waals surface area contributed by atoms with Crippen molar-refractivity contribution in [2.75, 3.05) is 0 Å². The minimum Gasteiger partial charge on any atom is -0.606 e. The first-order chi connectivity index (χ1) is 5.22. The molecule has 1 aromatic rings. The highest BCUT2D eigenvalue weighted by molar-refractivity contribution is 5.84. The number of amides is 1. The fraction of sp³-hybridized carbons (Fsp3) is 0. The van der Waals surface area contributed by atoms with Gasteiger partial charge in [-0.3, -0.25) is 0 Å². The Balaban J connectivity index is 2.86. The molecule has 0 aliphatic rings. The minimum atomic E-state index is -0.983. The average molecular weight is 153 g/mol. The third-order valence-corrected chi connectivity index (χ3v) is 1.12. The van der Waals surface area contributed by atoms with Crippen LogP contribution in [0.4, 0.5) is 0 Å². The molecule has 1 amide bonds. The van der Waals surface area contributed by atoms with Gasteiger partial charge in [0.2, 0.25) is 0 Å². The quantitative estimate of drug-likeness (QED) is 0.291. The smallest absolute Gasteiger partial charge is 0.381 e. The van der Waals surface area contributed by atoms with E-state index in [9.17, 15) is 10.0 Å². The number of hydroxylamine groups is 1. The molecule has 1 rings (SSSR count). The summed E-state index contributed by atoms with van der Waals surface area (Å²) >= 11 is 0. The monoisotopic (exact) mass is 153 g/mol. The fourth-order valence-electron chi connectivity index (χ4n) is 0.623. The van der Waals surface area contributed by atoms with Crippen LogP contribution >= 0.6 is 0 Å². The molecule has 58 valence electrons. The Kier molecular flexibility index (Phi) is 2.27. The maximum Gasteiger partial charge on any atom is 0.381 e. The van der Waals surface area contributed by atoms with Gasteiger partial charge in [-0.15, -0.1) is 0 Å². The third kappa shape index (κ3) is 1.81. The van der Waals surface area contributed by atoms with Gasteiger partial charge in [-0.25, -0.2) is 15.0 Å². The topological polar surface area (TPSA) is 83.5 Å². The molecule has 1 heterocycles. The fourth-order valence-corrected chi connectivity index (χ4v) is 0.623. The van der Waals surface area contributed by atoms with Crippen molar-refractivity contribution >= 4 is 5.91 Å². The molecule has 0 aliphatic carbocycles. The van der Waals surface area contributed by atoms with Gasteiger partial charge in [0, 0.05) is 6.20 Å². The van der Waals surface area contributed by atoms with Crippen molar-refractivity contribution in [3.8, 4) is 0 Å². The number of hydrogen-bond acceptors (Lipinski definition) is 4. The first-order valence-electron chi connectivity index (χ1n) is 2.97. The molecule has 0 bridgehead atoms. The Morgan fingerprint density at radius 1 is 1.64 bits per heavy atom. The van der Waals surface area contributed by atoms with Crippen molar-refractivity contribution in [2.24, 2.45) is 5.84 Å². The molecule has 0 saturated heterocycles. The van der Waals surface area contributed by atoms with E-state index in [1.165, 1.54) is 12.3 Å². The molecule has 0 spiro atoms. The van der Waals surface area contributed by atoms with Gasteiger partial charge in [0.1, 0.15) is 0 Å². The van der Waals surface area contributed by atoms with Crippen LogP contribution in [0.1, 0.15) is 10.5 Å². The van der Waals surface area contributed by atoms with E-state index in [1.54, 1.807) is 12.1 Å². The van der Waals surface area contributed by atoms with E-state index in [0.29, 0.717) is 0 Å². The summed E-state index contributed by atoms with van der Waals surface area (Å²) in [6.45, 7) is 0. The van der Waals surface area contributed by atoms with Crippen molar-refractivity contribution in [3.63, 3.8) is 0 Å². The van der Waals surface area contributed by atoms with Crippen LogP contribution in [0.25, 0.3) is 0 Å². The van der Waals surface area contributed by atoms with E-state index in [1.807, 2.05) is 0 Å². The normalized spacial score (nSPS) is 12.5. The Hall–Kier alpha value is -1.30. The van der Waals surface area contributed by atoms with Crippen molar-refractivity contribution < 1.29 is 9.97 Å². The van der Waals surface area contributed by atoms with Crippen LogP contribution < -0.4 is 11.0 Å². The summed E-state index contributed by atoms with van der Waals surface area (Å²) in [6, 6.07) is 4.70. The first-order valence-corrected chi connectivity index (χ1v) is 2.97. The van der Waals surface area contributed by atoms with Crippen LogP contribution in [0.2, 0.25) is 0 Å². The highest BCUT2D eigenvalue weighted by Gasteiger charge is 2.10. The van der Waals surface area contributed by atoms with Gasteiger partial charge in [0.15, 0.2) is 5.69 Å². The second-order valence-corrected chi connectivity index (χ2v) is 1.91. The van der Waals surface area contributed by atoms with Crippen molar-refractivity contribution in [1.82, 2.24) is 4.98 Å². The molecule has 1 atom stereocenters. The number of nitrogens with one attached hydrogen (secondary N) is 1. The molecule has 5 heteroatoms. The SMILES string of the molecule is N[NH+]([O-])C(=O)c1ccccn1. The van der Waals surface area contributed by atoms with E-state index in [-0.39, 0.29) is 5.69 Å². The maximum atomic E-state index is 10.8. The molecule has 11 heavy (non-hydrogen) atoms. The largest absolute Gasteiger partial charge is 0.606 e. The molecule has 0 fully saturated rings. The second kappa shape index (κ2) is 3.20. The summed E-state index contributed by atoms with van der Waals surface area (Å²) in [5, 5.41) is 9.35. The number of aromatic nitrogens is 1. The molecule has 3 N–H and O–H groups in total. The number of nitrogen functional groups attached to an aromatic ring is 1. The number of carbonyl (C=O) groups excluding carboxylic acids is 1. The number of pyridine rings is 1. The zero-order valence-corrected chi connectivity index (χ0v) is 5.65. The molecule has 0 aliphatic heterocycles.